The second kappa shape index (κ2) is 6.91. The summed E-state index contributed by atoms with van der Waals surface area (Å²) in [7, 11) is 1.86. The lowest BCUT2D eigenvalue weighted by Gasteiger charge is -2.07. The van der Waals surface area contributed by atoms with Crippen LogP contribution < -0.4 is 10.5 Å². The smallest absolute Gasteiger partial charge is 0.406 e. The maximum absolute atomic E-state index is 11.6. The maximum Gasteiger partial charge on any atom is 0.573 e. The molecule has 2 aromatic heterocycles. The maximum atomic E-state index is 11.6. The van der Waals surface area contributed by atoms with Crippen molar-refractivity contribution >= 4 is 33.2 Å². The monoisotopic (exact) mass is 357 g/mol. The third-order valence-electron chi connectivity index (χ3n) is 3.00. The molecule has 0 aliphatic carbocycles. The van der Waals surface area contributed by atoms with E-state index in [1.54, 1.807) is 23.8 Å². The molecule has 128 valence electrons. The van der Waals surface area contributed by atoms with Crippen molar-refractivity contribution in [2.24, 2.45) is 7.05 Å². The van der Waals surface area contributed by atoms with Crippen LogP contribution in [0.5, 0.6) is 5.75 Å². The van der Waals surface area contributed by atoms with Gasteiger partial charge in [0.2, 0.25) is 0 Å². The van der Waals surface area contributed by atoms with E-state index in [9.17, 15) is 18.0 Å². The number of nitrogen functional groups attached to an aromatic ring is 1. The van der Waals surface area contributed by atoms with Gasteiger partial charge in [0.15, 0.2) is 11.4 Å². The van der Waals surface area contributed by atoms with Crippen molar-refractivity contribution in [2.75, 3.05) is 5.73 Å². The average molecular weight is 357 g/mol. The SMILES string of the molecule is CC(=O)c1cc2scnc2n1C.Nc1ccc(OC(F)(F)F)cc1. The Morgan fingerprint density at radius 2 is 1.92 bits per heavy atom. The molecule has 3 rings (SSSR count). The number of ether oxygens (including phenoxy) is 1. The number of hydrogen-bond acceptors (Lipinski definition) is 5. The van der Waals surface area contributed by atoms with Gasteiger partial charge in [0.25, 0.3) is 0 Å². The van der Waals surface area contributed by atoms with Crippen molar-refractivity contribution in [3.8, 4) is 5.75 Å². The number of Topliss-reactive ketones (excluding diaryl/α,β-unsaturated/α-hetero) is 1. The molecule has 0 saturated carbocycles. The fourth-order valence-corrected chi connectivity index (χ4v) is 2.68. The molecule has 0 atom stereocenters. The Kier molecular flexibility index (Phi) is 5.13. The van der Waals surface area contributed by atoms with Crippen LogP contribution in [-0.2, 0) is 7.05 Å². The molecular formula is C15H14F3N3O2S. The molecule has 3 aromatic rings. The molecule has 2 N–H and O–H groups in total. The van der Waals surface area contributed by atoms with Gasteiger partial charge >= 0.3 is 6.36 Å². The van der Waals surface area contributed by atoms with Gasteiger partial charge in [0.05, 0.1) is 15.9 Å². The first-order valence-corrected chi connectivity index (χ1v) is 7.56. The first-order chi connectivity index (χ1) is 11.2. The predicted octanol–water partition coefficient (Wildman–Crippen LogP) is 4.00. The Hall–Kier alpha value is -2.55. The van der Waals surface area contributed by atoms with Crippen LogP contribution in [0.25, 0.3) is 10.3 Å². The molecule has 5 nitrogen and oxygen atoms in total. The lowest BCUT2D eigenvalue weighted by Crippen LogP contribution is -2.16. The third-order valence-corrected chi connectivity index (χ3v) is 3.76. The number of carbonyl (C=O) groups excluding carboxylic acids is 1. The number of hydrogen-bond donors (Lipinski definition) is 1. The van der Waals surface area contributed by atoms with Crippen molar-refractivity contribution in [3.05, 3.63) is 41.5 Å². The van der Waals surface area contributed by atoms with Crippen molar-refractivity contribution in [1.29, 1.82) is 0 Å². The molecule has 0 aliphatic rings. The summed E-state index contributed by atoms with van der Waals surface area (Å²) in [5.74, 6) is -0.181. The highest BCUT2D eigenvalue weighted by molar-refractivity contribution is 7.16. The fourth-order valence-electron chi connectivity index (χ4n) is 1.94. The number of thiazole rings is 1. The number of anilines is 1. The van der Waals surface area contributed by atoms with Crippen LogP contribution in [0.1, 0.15) is 17.4 Å². The van der Waals surface area contributed by atoms with Crippen molar-refractivity contribution in [1.82, 2.24) is 9.55 Å². The first-order valence-electron chi connectivity index (χ1n) is 6.68. The van der Waals surface area contributed by atoms with E-state index in [2.05, 4.69) is 9.72 Å². The Morgan fingerprint density at radius 3 is 2.42 bits per heavy atom. The summed E-state index contributed by atoms with van der Waals surface area (Å²) in [6.45, 7) is 1.57. The molecule has 24 heavy (non-hydrogen) atoms. The summed E-state index contributed by atoms with van der Waals surface area (Å²) >= 11 is 1.56. The van der Waals surface area contributed by atoms with Gasteiger partial charge < -0.3 is 15.0 Å². The Morgan fingerprint density at radius 1 is 1.29 bits per heavy atom. The van der Waals surface area contributed by atoms with Crippen LogP contribution in [0.4, 0.5) is 18.9 Å². The first kappa shape index (κ1) is 17.8. The zero-order chi connectivity index (χ0) is 17.9. The van der Waals surface area contributed by atoms with Crippen molar-refractivity contribution in [3.63, 3.8) is 0 Å². The summed E-state index contributed by atoms with van der Waals surface area (Å²) in [6.07, 6.45) is -4.64. The molecule has 9 heteroatoms. The van der Waals surface area contributed by atoms with E-state index in [4.69, 9.17) is 5.73 Å². The Balaban J connectivity index is 0.000000174. The van der Waals surface area contributed by atoms with Crippen molar-refractivity contribution in [2.45, 2.75) is 13.3 Å². The standard InChI is InChI=1S/C8H8N2OS.C7H6F3NO/c1-5(11)6-3-7-8(10(6)2)9-4-12-7;8-7(9,10)12-6-3-1-5(11)2-4-6/h3-4H,1-2H3;1-4H,11H2. The number of nitrogens with zero attached hydrogens (tertiary/aromatic N) is 2. The highest BCUT2D eigenvalue weighted by Gasteiger charge is 2.30. The van der Waals surface area contributed by atoms with Gasteiger partial charge in [-0.15, -0.1) is 24.5 Å². The van der Waals surface area contributed by atoms with E-state index in [0.29, 0.717) is 5.69 Å². The van der Waals surface area contributed by atoms with Gasteiger partial charge in [-0.25, -0.2) is 4.98 Å². The number of carbonyl (C=O) groups is 1. The van der Waals surface area contributed by atoms with Gasteiger partial charge in [-0.1, -0.05) is 0 Å². The van der Waals surface area contributed by atoms with Crippen LogP contribution in [-0.4, -0.2) is 21.7 Å². The molecule has 0 fully saturated rings. The van der Waals surface area contributed by atoms with Gasteiger partial charge in [-0.2, -0.15) is 0 Å². The van der Waals surface area contributed by atoms with Gasteiger partial charge in [-0.3, -0.25) is 4.79 Å². The van der Waals surface area contributed by atoms with E-state index in [1.807, 2.05) is 17.7 Å². The molecule has 0 amide bonds. The van der Waals surface area contributed by atoms with Crippen molar-refractivity contribution < 1.29 is 22.7 Å². The highest BCUT2D eigenvalue weighted by atomic mass is 32.1. The third kappa shape index (κ3) is 4.48. The lowest BCUT2D eigenvalue weighted by atomic mass is 10.3. The molecule has 0 aliphatic heterocycles. The molecule has 0 unspecified atom stereocenters. The largest absolute Gasteiger partial charge is 0.573 e. The lowest BCUT2D eigenvalue weighted by molar-refractivity contribution is -0.274. The topological polar surface area (TPSA) is 70.1 Å². The number of aryl methyl sites for hydroxylation is 1. The van der Waals surface area contributed by atoms with Gasteiger partial charge in [0, 0.05) is 19.7 Å². The van der Waals surface area contributed by atoms with Crippen LogP contribution in [0, 0.1) is 0 Å². The molecular weight excluding hydrogens is 343 g/mol. The summed E-state index contributed by atoms with van der Waals surface area (Å²) in [5, 5.41) is 0. The molecule has 0 spiro atoms. The summed E-state index contributed by atoms with van der Waals surface area (Å²) < 4.78 is 41.3. The highest BCUT2D eigenvalue weighted by Crippen LogP contribution is 2.23. The molecule has 0 saturated heterocycles. The van der Waals surface area contributed by atoms with Crippen LogP contribution in [0.15, 0.2) is 35.8 Å². The van der Waals surface area contributed by atoms with Crippen LogP contribution in [0.2, 0.25) is 0 Å². The fraction of sp³-hybridized carbons (Fsp3) is 0.200. The van der Waals surface area contributed by atoms with Gasteiger partial charge in [-0.05, 0) is 30.3 Å². The summed E-state index contributed by atoms with van der Waals surface area (Å²) in [4.78, 5) is 15.2. The predicted molar refractivity (Wildman–Crippen MR) is 86.1 cm³/mol. The van der Waals surface area contributed by atoms with E-state index in [0.717, 1.165) is 28.2 Å². The number of nitrogens with two attached hydrogens (primary N) is 1. The van der Waals surface area contributed by atoms with Crippen LogP contribution >= 0.6 is 11.3 Å². The molecule has 0 radical (unpaired) electrons. The summed E-state index contributed by atoms with van der Waals surface area (Å²) in [5.41, 5.74) is 9.05. The molecule has 1 aromatic carbocycles. The number of aromatic nitrogens is 2. The minimum absolute atomic E-state index is 0.0858. The number of rotatable bonds is 2. The van der Waals surface area contributed by atoms with E-state index < -0.39 is 6.36 Å². The quantitative estimate of drug-likeness (QED) is 0.556. The minimum Gasteiger partial charge on any atom is -0.406 e. The zero-order valence-electron chi connectivity index (χ0n) is 12.8. The molecule has 0 bridgehead atoms. The number of fused-ring (bicyclic) bond motifs is 1. The van der Waals surface area contributed by atoms with E-state index in [1.165, 1.54) is 12.1 Å². The number of ketones is 1. The second-order valence-corrected chi connectivity index (χ2v) is 5.69. The normalized spacial score (nSPS) is 11.0. The minimum atomic E-state index is -4.64. The molecule has 2 heterocycles. The number of benzene rings is 1. The summed E-state index contributed by atoms with van der Waals surface area (Å²) in [6, 6.07) is 6.86. The Labute approximate surface area is 139 Å². The number of halogens is 3. The van der Waals surface area contributed by atoms with E-state index >= 15 is 0 Å². The van der Waals surface area contributed by atoms with Gasteiger partial charge in [0.1, 0.15) is 5.75 Å². The van der Waals surface area contributed by atoms with E-state index in [-0.39, 0.29) is 11.5 Å². The average Bonchev–Trinajstić information content (AvgIpc) is 3.04. The Bertz CT molecular complexity index is 838. The second-order valence-electron chi connectivity index (χ2n) is 4.80. The zero-order valence-corrected chi connectivity index (χ0v) is 13.6. The van der Waals surface area contributed by atoms with Crippen LogP contribution in [0.3, 0.4) is 0 Å². The number of alkyl halides is 3.